The monoisotopic (exact) mass is 849 g/mol. The molecule has 1 rings (SSSR count). The Morgan fingerprint density at radius 1 is 0.583 bits per heavy atom. The van der Waals surface area contributed by atoms with Crippen LogP contribution in [0.3, 0.4) is 0 Å². The van der Waals surface area contributed by atoms with Crippen molar-refractivity contribution in [2.75, 3.05) is 17.2 Å². The zero-order valence-corrected chi connectivity index (χ0v) is 38.6. The molecule has 60 heavy (non-hydrogen) atoms. The van der Waals surface area contributed by atoms with Crippen molar-refractivity contribution in [3.63, 3.8) is 0 Å². The molecule has 0 aromatic heterocycles. The van der Waals surface area contributed by atoms with E-state index >= 15 is 0 Å². The molecule has 0 unspecified atom stereocenters. The number of amides is 6. The van der Waals surface area contributed by atoms with E-state index in [1.807, 2.05) is 13.8 Å². The molecule has 1 aromatic rings. The predicted octanol–water partition coefficient (Wildman–Crippen LogP) is 5.96. The van der Waals surface area contributed by atoms with Crippen LogP contribution in [0.4, 0.5) is 21.0 Å². The van der Waals surface area contributed by atoms with Gasteiger partial charge in [0.15, 0.2) is 0 Å². The summed E-state index contributed by atoms with van der Waals surface area (Å²) >= 11 is 0. The first-order valence-corrected chi connectivity index (χ1v) is 20.4. The first-order valence-electron chi connectivity index (χ1n) is 20.4. The van der Waals surface area contributed by atoms with E-state index in [0.29, 0.717) is 0 Å². The Morgan fingerprint density at radius 3 is 1.62 bits per heavy atom. The summed E-state index contributed by atoms with van der Waals surface area (Å²) in [5.74, 6) is -3.47. The van der Waals surface area contributed by atoms with Gasteiger partial charge in [0.25, 0.3) is 0 Å². The lowest BCUT2D eigenvalue weighted by molar-refractivity contribution is -0.160. The van der Waals surface area contributed by atoms with Gasteiger partial charge in [0.1, 0.15) is 41.0 Å². The highest BCUT2D eigenvalue weighted by molar-refractivity contribution is 5.99. The summed E-state index contributed by atoms with van der Waals surface area (Å²) in [5, 5.41) is 16.0. The van der Waals surface area contributed by atoms with Gasteiger partial charge in [0, 0.05) is 17.8 Å². The number of anilines is 2. The van der Waals surface area contributed by atoms with Crippen molar-refractivity contribution >= 4 is 53.2 Å². The summed E-state index contributed by atoms with van der Waals surface area (Å²) in [6.45, 7) is 27.7. The number of urea groups is 1. The molecule has 0 aliphatic heterocycles. The molecule has 0 aliphatic carbocycles. The number of hydrogen-bond acceptors (Lipinski definition) is 11. The van der Waals surface area contributed by atoms with Gasteiger partial charge in [-0.25, -0.2) is 14.4 Å². The summed E-state index contributed by atoms with van der Waals surface area (Å²) in [6.07, 6.45) is -0.899. The molecule has 0 saturated heterocycles. The van der Waals surface area contributed by atoms with Crippen molar-refractivity contribution in [2.24, 2.45) is 11.8 Å². The van der Waals surface area contributed by atoms with Crippen molar-refractivity contribution in [3.05, 3.63) is 24.3 Å². The zero-order chi connectivity index (χ0) is 46.4. The van der Waals surface area contributed by atoms with Gasteiger partial charge in [-0.05, 0) is 126 Å². The minimum atomic E-state index is -1.27. The largest absolute Gasteiger partial charge is 0.460 e. The molecule has 0 fully saturated rings. The Morgan fingerprint density at radius 2 is 1.12 bits per heavy atom. The highest BCUT2D eigenvalue weighted by Gasteiger charge is 2.34. The molecule has 0 aliphatic rings. The van der Waals surface area contributed by atoms with Crippen LogP contribution in [0, 0.1) is 11.8 Å². The van der Waals surface area contributed by atoms with Gasteiger partial charge >= 0.3 is 24.1 Å². The maximum absolute atomic E-state index is 13.8. The van der Waals surface area contributed by atoms with Crippen molar-refractivity contribution in [2.45, 2.75) is 177 Å². The van der Waals surface area contributed by atoms with E-state index in [9.17, 15) is 33.6 Å². The maximum Gasteiger partial charge on any atom is 0.408 e. The van der Waals surface area contributed by atoms with Crippen LogP contribution in [0.15, 0.2) is 24.3 Å². The van der Waals surface area contributed by atoms with E-state index in [0.717, 1.165) is 0 Å². The number of rotatable bonds is 18. The molecule has 0 saturated carbocycles. The van der Waals surface area contributed by atoms with Crippen molar-refractivity contribution in [3.8, 4) is 0 Å². The van der Waals surface area contributed by atoms with Crippen LogP contribution >= 0.6 is 0 Å². The maximum atomic E-state index is 13.8. The molecular formula is C43H72N6O11. The van der Waals surface area contributed by atoms with Crippen molar-refractivity contribution in [1.29, 1.82) is 0 Å². The molecule has 0 bridgehead atoms. The van der Waals surface area contributed by atoms with Crippen LogP contribution in [0.5, 0.6) is 0 Å². The van der Waals surface area contributed by atoms with Gasteiger partial charge in [-0.2, -0.15) is 0 Å². The van der Waals surface area contributed by atoms with Gasteiger partial charge < -0.3 is 50.8 Å². The second-order valence-electron chi connectivity index (χ2n) is 19.4. The minimum absolute atomic E-state index is 0.0401. The highest BCUT2D eigenvalue weighted by Crippen LogP contribution is 2.18. The Kier molecular flexibility index (Phi) is 20.0. The number of alkyl carbamates (subject to hydrolysis) is 1. The Bertz CT molecular complexity index is 1630. The quantitative estimate of drug-likeness (QED) is 0.0746. The normalized spacial score (nSPS) is 14.2. The number of esters is 2. The van der Waals surface area contributed by atoms with Gasteiger partial charge in [-0.3, -0.25) is 19.2 Å². The molecule has 0 spiro atoms. The standard InChI is InChI=1S/C43H72N6O11/c1-25(2)22-30(35(52)49-33(26(3)4)37(54)59-42(11,12)13)46-36(53)31(24-57-40(5,6)7)47-38(55)45-28-19-17-18-27(23-28)44-34(51)29(48-39(56)60-43(14,15)16)20-21-32(50)58-41(8,9)10/h17-19,23,25-26,29-31,33H,20-22,24H2,1-16H3,(H,44,51)(H,46,53)(H,48,56)(H,49,52)(H2,45,47,55)/t29-,30-,31-,33-/m0/s1. The summed E-state index contributed by atoms with van der Waals surface area (Å²) in [6, 6.07) is 0.815. The fraction of sp³-hybridized carbons (Fsp3) is 0.698. The minimum Gasteiger partial charge on any atom is -0.460 e. The summed E-state index contributed by atoms with van der Waals surface area (Å²) < 4.78 is 22.1. The molecule has 0 radical (unpaired) electrons. The molecule has 17 heteroatoms. The van der Waals surface area contributed by atoms with Gasteiger partial charge in [0.05, 0.1) is 12.2 Å². The molecule has 6 N–H and O–H groups in total. The second-order valence-corrected chi connectivity index (χ2v) is 19.4. The van der Waals surface area contributed by atoms with Gasteiger partial charge in [0.2, 0.25) is 17.7 Å². The third-order valence-corrected chi connectivity index (χ3v) is 7.72. The SMILES string of the molecule is CC(C)C[C@H](NC(=O)[C@H](COC(C)(C)C)NC(=O)Nc1cccc(NC(=O)[C@H](CCC(=O)OC(C)(C)C)NC(=O)OC(C)(C)C)c1)C(=O)N[C@H](C(=O)OC(C)(C)C)C(C)C. The number of carbonyl (C=O) groups is 7. The van der Waals surface area contributed by atoms with Gasteiger partial charge in [-0.1, -0.05) is 33.8 Å². The summed E-state index contributed by atoms with van der Waals surface area (Å²) in [5.41, 5.74) is -2.60. The molecular weight excluding hydrogens is 777 g/mol. The topological polar surface area (TPSA) is 229 Å². The molecule has 0 heterocycles. The number of carbonyl (C=O) groups excluding carboxylic acids is 7. The molecule has 6 amide bonds. The van der Waals surface area contributed by atoms with E-state index in [-0.39, 0.29) is 49.1 Å². The average molecular weight is 849 g/mol. The van der Waals surface area contributed by atoms with Crippen LogP contribution < -0.4 is 31.9 Å². The average Bonchev–Trinajstić information content (AvgIpc) is 3.03. The summed E-state index contributed by atoms with van der Waals surface area (Å²) in [4.78, 5) is 92.4. The lowest BCUT2D eigenvalue weighted by Gasteiger charge is -2.29. The Labute approximate surface area is 356 Å². The van der Waals surface area contributed by atoms with Crippen LogP contribution in [-0.4, -0.2) is 95.0 Å². The van der Waals surface area contributed by atoms with Crippen molar-refractivity contribution in [1.82, 2.24) is 21.3 Å². The fourth-order valence-corrected chi connectivity index (χ4v) is 5.21. The Balaban J connectivity index is 3.24. The first kappa shape index (κ1) is 53.1. The lowest BCUT2D eigenvalue weighted by Crippen LogP contribution is -2.58. The first-order chi connectivity index (χ1) is 27.2. The van der Waals surface area contributed by atoms with Crippen LogP contribution in [0.2, 0.25) is 0 Å². The third-order valence-electron chi connectivity index (χ3n) is 7.72. The lowest BCUT2D eigenvalue weighted by atomic mass is 10.00. The second kappa shape index (κ2) is 22.6. The molecule has 1 aromatic carbocycles. The fourth-order valence-electron chi connectivity index (χ4n) is 5.21. The smallest absolute Gasteiger partial charge is 0.408 e. The van der Waals surface area contributed by atoms with Crippen LogP contribution in [0.25, 0.3) is 0 Å². The molecule has 17 nitrogen and oxygen atoms in total. The number of ether oxygens (including phenoxy) is 4. The van der Waals surface area contributed by atoms with Crippen LogP contribution in [0.1, 0.15) is 130 Å². The number of nitrogens with one attached hydrogen (secondary N) is 6. The number of hydrogen-bond donors (Lipinski definition) is 6. The van der Waals surface area contributed by atoms with E-state index in [4.69, 9.17) is 18.9 Å². The molecule has 340 valence electrons. The van der Waals surface area contributed by atoms with E-state index in [1.54, 1.807) is 115 Å². The summed E-state index contributed by atoms with van der Waals surface area (Å²) in [7, 11) is 0. The van der Waals surface area contributed by atoms with E-state index in [1.165, 1.54) is 6.07 Å². The van der Waals surface area contributed by atoms with E-state index < -0.39 is 88.4 Å². The molecule has 4 atom stereocenters. The number of benzene rings is 1. The van der Waals surface area contributed by atoms with Crippen molar-refractivity contribution < 1.29 is 52.5 Å². The third kappa shape index (κ3) is 23.0. The van der Waals surface area contributed by atoms with Crippen LogP contribution in [-0.2, 0) is 42.9 Å². The zero-order valence-electron chi connectivity index (χ0n) is 38.6. The predicted molar refractivity (Wildman–Crippen MR) is 229 cm³/mol. The van der Waals surface area contributed by atoms with Gasteiger partial charge in [-0.15, -0.1) is 0 Å². The van der Waals surface area contributed by atoms with E-state index in [2.05, 4.69) is 31.9 Å². The highest BCUT2D eigenvalue weighted by atomic mass is 16.6. The Hall–Kier alpha value is -4.93.